The summed E-state index contributed by atoms with van der Waals surface area (Å²) in [5.74, 6) is -2.57. The molecule has 2 heterocycles. The van der Waals surface area contributed by atoms with Crippen LogP contribution in [0.1, 0.15) is 21.7 Å². The molecule has 0 atom stereocenters. The van der Waals surface area contributed by atoms with Gasteiger partial charge in [0.2, 0.25) is 0 Å². The summed E-state index contributed by atoms with van der Waals surface area (Å²) in [6.45, 7) is 1.77. The summed E-state index contributed by atoms with van der Waals surface area (Å²) in [5.41, 5.74) is 0.691. The third-order valence-electron chi connectivity index (χ3n) is 5.17. The lowest BCUT2D eigenvalue weighted by Gasteiger charge is -2.11. The number of nitrogens with zero attached hydrogens (tertiary/aromatic N) is 4. The number of aromatic nitrogens is 3. The number of carbonyl (C=O) groups is 1. The number of aromatic carboxylic acids is 1. The van der Waals surface area contributed by atoms with Gasteiger partial charge in [-0.15, -0.1) is 0 Å². The van der Waals surface area contributed by atoms with Crippen LogP contribution in [-0.2, 0) is 6.54 Å². The van der Waals surface area contributed by atoms with E-state index in [1.54, 1.807) is 35.8 Å². The number of nitro benzene ring substituents is 1. The van der Waals surface area contributed by atoms with Crippen molar-refractivity contribution in [2.45, 2.75) is 13.5 Å². The summed E-state index contributed by atoms with van der Waals surface area (Å²) in [6.07, 6.45) is 0. The molecule has 2 aromatic carbocycles. The Balaban J connectivity index is 1.97. The van der Waals surface area contributed by atoms with E-state index in [9.17, 15) is 20.0 Å². The molecular formula is C22H16ClFN4O5. The summed E-state index contributed by atoms with van der Waals surface area (Å²) in [6, 6.07) is 10.5. The molecule has 9 nitrogen and oxygen atoms in total. The topological polar surface area (TPSA) is 120 Å². The number of hydrogen-bond acceptors (Lipinski definition) is 6. The maximum Gasteiger partial charge on any atom is 0.355 e. The molecule has 168 valence electrons. The van der Waals surface area contributed by atoms with Gasteiger partial charge in [0.25, 0.3) is 5.69 Å². The summed E-state index contributed by atoms with van der Waals surface area (Å²) >= 11 is 5.97. The highest BCUT2D eigenvalue weighted by atomic mass is 35.5. The highest BCUT2D eigenvalue weighted by molar-refractivity contribution is 6.32. The molecule has 0 radical (unpaired) electrons. The van der Waals surface area contributed by atoms with E-state index in [-0.39, 0.29) is 51.1 Å². The summed E-state index contributed by atoms with van der Waals surface area (Å²) in [4.78, 5) is 31.4. The number of nitro groups is 1. The molecule has 11 heteroatoms. The molecule has 0 aliphatic carbocycles. The van der Waals surface area contributed by atoms with Crippen LogP contribution in [0.5, 0.6) is 5.75 Å². The number of carboxylic acids is 1. The Morgan fingerprint density at radius 2 is 2.00 bits per heavy atom. The van der Waals surface area contributed by atoms with Crippen LogP contribution in [-0.4, -0.2) is 37.6 Å². The predicted molar refractivity (Wildman–Crippen MR) is 118 cm³/mol. The number of benzene rings is 2. The van der Waals surface area contributed by atoms with Crippen molar-refractivity contribution >= 4 is 34.3 Å². The molecule has 2 aromatic heterocycles. The smallest absolute Gasteiger partial charge is 0.355 e. The van der Waals surface area contributed by atoms with Gasteiger partial charge in [0.1, 0.15) is 5.65 Å². The quantitative estimate of drug-likeness (QED) is 0.315. The fourth-order valence-electron chi connectivity index (χ4n) is 3.62. The highest BCUT2D eigenvalue weighted by Gasteiger charge is 2.24. The zero-order valence-electron chi connectivity index (χ0n) is 17.4. The molecule has 0 bridgehead atoms. The van der Waals surface area contributed by atoms with E-state index in [0.717, 1.165) is 0 Å². The zero-order valence-corrected chi connectivity index (χ0v) is 18.1. The van der Waals surface area contributed by atoms with Crippen LogP contribution in [0.2, 0.25) is 5.02 Å². The second-order valence-corrected chi connectivity index (χ2v) is 7.55. The molecular weight excluding hydrogens is 455 g/mol. The summed E-state index contributed by atoms with van der Waals surface area (Å²) in [7, 11) is 1.25. The van der Waals surface area contributed by atoms with Crippen molar-refractivity contribution in [2.75, 3.05) is 7.11 Å². The largest absolute Gasteiger partial charge is 0.492 e. The molecule has 0 aliphatic rings. The predicted octanol–water partition coefficient (Wildman–Crippen LogP) is 4.86. The molecule has 0 spiro atoms. The van der Waals surface area contributed by atoms with Crippen LogP contribution in [0.4, 0.5) is 10.1 Å². The van der Waals surface area contributed by atoms with Gasteiger partial charge in [-0.05, 0) is 25.1 Å². The minimum atomic E-state index is -1.33. The number of fused-ring (bicyclic) bond motifs is 1. The lowest BCUT2D eigenvalue weighted by Crippen LogP contribution is -2.09. The summed E-state index contributed by atoms with van der Waals surface area (Å²) in [5, 5.41) is 21.4. The molecule has 0 aliphatic heterocycles. The van der Waals surface area contributed by atoms with E-state index in [1.807, 2.05) is 0 Å². The first-order valence-corrected chi connectivity index (χ1v) is 9.96. The first kappa shape index (κ1) is 22.2. The molecule has 4 aromatic rings. The molecule has 0 saturated heterocycles. The average Bonchev–Trinajstić information content (AvgIpc) is 3.08. The number of halogens is 2. The van der Waals surface area contributed by atoms with Gasteiger partial charge in [0.15, 0.2) is 23.1 Å². The lowest BCUT2D eigenvalue weighted by atomic mass is 10.1. The third kappa shape index (κ3) is 3.85. The van der Waals surface area contributed by atoms with E-state index in [0.29, 0.717) is 11.3 Å². The van der Waals surface area contributed by atoms with E-state index in [4.69, 9.17) is 16.3 Å². The highest BCUT2D eigenvalue weighted by Crippen LogP contribution is 2.35. The van der Waals surface area contributed by atoms with E-state index in [1.165, 1.54) is 25.3 Å². The number of carboxylic acid groups (broad SMARTS) is 1. The van der Waals surface area contributed by atoms with Gasteiger partial charge in [-0.1, -0.05) is 29.8 Å². The van der Waals surface area contributed by atoms with Crippen LogP contribution in [0.3, 0.4) is 0 Å². The fourth-order valence-corrected chi connectivity index (χ4v) is 3.84. The molecule has 0 saturated carbocycles. The lowest BCUT2D eigenvalue weighted by molar-refractivity contribution is -0.385. The summed E-state index contributed by atoms with van der Waals surface area (Å²) < 4.78 is 21.7. The van der Waals surface area contributed by atoms with Gasteiger partial charge in [-0.25, -0.2) is 19.2 Å². The van der Waals surface area contributed by atoms with Crippen LogP contribution in [0, 0.1) is 22.9 Å². The van der Waals surface area contributed by atoms with Gasteiger partial charge < -0.3 is 14.4 Å². The van der Waals surface area contributed by atoms with Crippen molar-refractivity contribution in [1.82, 2.24) is 14.5 Å². The Bertz CT molecular complexity index is 1440. The maximum atomic E-state index is 15.0. The molecule has 33 heavy (non-hydrogen) atoms. The van der Waals surface area contributed by atoms with Crippen molar-refractivity contribution in [3.8, 4) is 17.1 Å². The van der Waals surface area contributed by atoms with Crippen molar-refractivity contribution in [3.63, 3.8) is 0 Å². The van der Waals surface area contributed by atoms with Crippen molar-refractivity contribution in [1.29, 1.82) is 0 Å². The first-order valence-electron chi connectivity index (χ1n) is 9.58. The Labute approximate surface area is 191 Å². The second kappa shape index (κ2) is 8.47. The van der Waals surface area contributed by atoms with Crippen LogP contribution < -0.4 is 4.74 Å². The number of hydrogen-bond donors (Lipinski definition) is 1. The number of methoxy groups -OCH3 is 1. The zero-order chi connectivity index (χ0) is 23.9. The van der Waals surface area contributed by atoms with Crippen LogP contribution in [0.15, 0.2) is 42.5 Å². The van der Waals surface area contributed by atoms with Gasteiger partial charge in [-0.3, -0.25) is 10.1 Å². The molecule has 0 amide bonds. The van der Waals surface area contributed by atoms with Crippen LogP contribution >= 0.6 is 11.6 Å². The van der Waals surface area contributed by atoms with Gasteiger partial charge >= 0.3 is 5.97 Å². The van der Waals surface area contributed by atoms with Gasteiger partial charge in [-0.2, -0.15) is 0 Å². The monoisotopic (exact) mass is 470 g/mol. The SMILES string of the molecule is COc1c(Cl)ccc(-c2nc(C(=O)O)c3cc(C)n(Cc4ccccc4[N+](=O)[O-])c3n2)c1F. The van der Waals surface area contributed by atoms with Crippen LogP contribution in [0.25, 0.3) is 22.4 Å². The number of aryl methyl sites for hydroxylation is 1. The molecule has 0 fully saturated rings. The normalized spacial score (nSPS) is 11.0. The Morgan fingerprint density at radius 1 is 1.27 bits per heavy atom. The third-order valence-corrected chi connectivity index (χ3v) is 5.47. The minimum Gasteiger partial charge on any atom is -0.492 e. The first-order chi connectivity index (χ1) is 15.7. The Morgan fingerprint density at radius 3 is 2.67 bits per heavy atom. The average molecular weight is 471 g/mol. The van der Waals surface area contributed by atoms with E-state index >= 15 is 4.39 Å². The fraction of sp³-hybridized carbons (Fsp3) is 0.136. The number of rotatable bonds is 6. The van der Waals surface area contributed by atoms with Gasteiger partial charge in [0, 0.05) is 17.3 Å². The van der Waals surface area contributed by atoms with Crippen molar-refractivity contribution in [3.05, 3.63) is 80.4 Å². The Kier molecular flexibility index (Phi) is 5.69. The van der Waals surface area contributed by atoms with Crippen molar-refractivity contribution < 1.29 is 24.0 Å². The molecule has 1 N–H and O–H groups in total. The standard InChI is InChI=1S/C22H16ClFN4O5/c1-11-9-14-18(22(29)30)25-20(13-7-8-15(23)19(33-2)17(13)24)26-21(14)27(11)10-12-5-3-4-6-16(12)28(31)32/h3-9H,10H2,1-2H3,(H,29,30). The number of ether oxygens (including phenoxy) is 1. The number of para-hydroxylation sites is 1. The second-order valence-electron chi connectivity index (χ2n) is 7.14. The minimum absolute atomic E-state index is 0.0360. The molecule has 4 rings (SSSR count). The van der Waals surface area contributed by atoms with E-state index in [2.05, 4.69) is 9.97 Å². The van der Waals surface area contributed by atoms with E-state index < -0.39 is 16.7 Å². The molecule has 0 unspecified atom stereocenters. The maximum absolute atomic E-state index is 15.0. The Hall–Kier alpha value is -4.05. The van der Waals surface area contributed by atoms with Crippen molar-refractivity contribution in [2.24, 2.45) is 0 Å². The van der Waals surface area contributed by atoms with Gasteiger partial charge in [0.05, 0.1) is 34.6 Å².